The topological polar surface area (TPSA) is 38.5 Å². The summed E-state index contributed by atoms with van der Waals surface area (Å²) < 4.78 is 45.3. The molecule has 0 bridgehead atoms. The molecule has 0 amide bonds. The number of hydrogen-bond acceptors (Lipinski definition) is 3. The molecule has 1 saturated heterocycles. The fourth-order valence-electron chi connectivity index (χ4n) is 2.22. The largest absolute Gasteiger partial charge is 0.418 e. The van der Waals surface area contributed by atoms with Crippen molar-refractivity contribution >= 4 is 21.6 Å². The highest BCUT2D eigenvalue weighted by molar-refractivity contribution is 9.10. The highest BCUT2D eigenvalue weighted by Gasteiger charge is 2.36. The third-order valence-corrected chi connectivity index (χ3v) is 3.78. The van der Waals surface area contributed by atoms with Crippen molar-refractivity contribution in [1.82, 2.24) is 0 Å². The van der Waals surface area contributed by atoms with E-state index in [2.05, 4.69) is 15.9 Å². The molecule has 2 atom stereocenters. The molecular weight excluding hydrogens is 337 g/mol. The summed E-state index contributed by atoms with van der Waals surface area (Å²) in [4.78, 5) is 1.69. The second-order valence-electron chi connectivity index (χ2n) is 4.87. The second kappa shape index (κ2) is 5.91. The molecule has 7 heteroatoms. The molecule has 20 heavy (non-hydrogen) atoms. The maximum Gasteiger partial charge on any atom is 0.418 e. The van der Waals surface area contributed by atoms with Crippen molar-refractivity contribution in [2.45, 2.75) is 25.2 Å². The molecule has 1 aliphatic heterocycles. The van der Waals surface area contributed by atoms with E-state index in [1.54, 1.807) is 17.9 Å². The summed E-state index contributed by atoms with van der Waals surface area (Å²) in [6, 6.07) is 3.98. The van der Waals surface area contributed by atoms with Gasteiger partial charge in [-0.2, -0.15) is 13.2 Å². The van der Waals surface area contributed by atoms with Gasteiger partial charge in [-0.1, -0.05) is 15.9 Å². The minimum absolute atomic E-state index is 0.176. The molecule has 0 aliphatic carbocycles. The molecule has 0 aromatic heterocycles. The van der Waals surface area contributed by atoms with Crippen molar-refractivity contribution in [1.29, 1.82) is 0 Å². The summed E-state index contributed by atoms with van der Waals surface area (Å²) in [5, 5.41) is 0. The first-order valence-electron chi connectivity index (χ1n) is 6.28. The minimum Gasteiger partial charge on any atom is -0.373 e. The fraction of sp³-hybridized carbons (Fsp3) is 0.538. The van der Waals surface area contributed by atoms with Crippen molar-refractivity contribution < 1.29 is 17.9 Å². The van der Waals surface area contributed by atoms with Crippen LogP contribution < -0.4 is 10.6 Å². The molecule has 1 aromatic rings. The van der Waals surface area contributed by atoms with Gasteiger partial charge in [0.2, 0.25) is 0 Å². The van der Waals surface area contributed by atoms with Crippen LogP contribution in [0.3, 0.4) is 0 Å². The van der Waals surface area contributed by atoms with Gasteiger partial charge in [-0.05, 0) is 25.1 Å². The number of alkyl halides is 3. The van der Waals surface area contributed by atoms with E-state index in [1.165, 1.54) is 6.07 Å². The zero-order chi connectivity index (χ0) is 14.9. The summed E-state index contributed by atoms with van der Waals surface area (Å²) in [7, 11) is 0. The normalized spacial score (nSPS) is 21.9. The van der Waals surface area contributed by atoms with Gasteiger partial charge in [0.15, 0.2) is 0 Å². The predicted molar refractivity (Wildman–Crippen MR) is 74.7 cm³/mol. The van der Waals surface area contributed by atoms with Crippen LogP contribution in [0.25, 0.3) is 0 Å². The van der Waals surface area contributed by atoms with E-state index < -0.39 is 11.7 Å². The van der Waals surface area contributed by atoms with Crippen LogP contribution in [0, 0.1) is 0 Å². The molecule has 2 rings (SSSR count). The summed E-state index contributed by atoms with van der Waals surface area (Å²) in [5.74, 6) is 0. The summed E-state index contributed by atoms with van der Waals surface area (Å²) in [5.41, 5.74) is 5.31. The van der Waals surface area contributed by atoms with Crippen LogP contribution in [0.4, 0.5) is 18.9 Å². The van der Waals surface area contributed by atoms with E-state index in [0.717, 1.165) is 6.07 Å². The van der Waals surface area contributed by atoms with Gasteiger partial charge in [-0.3, -0.25) is 0 Å². The van der Waals surface area contributed by atoms with Crippen LogP contribution in [-0.2, 0) is 10.9 Å². The minimum atomic E-state index is -4.39. The molecule has 2 N–H and O–H groups in total. The zero-order valence-electron chi connectivity index (χ0n) is 11.0. The Kier molecular flexibility index (Phi) is 4.61. The Bertz CT molecular complexity index is 479. The Morgan fingerprint density at radius 3 is 2.75 bits per heavy atom. The Labute approximate surface area is 124 Å². The van der Waals surface area contributed by atoms with E-state index in [-0.39, 0.29) is 17.8 Å². The monoisotopic (exact) mass is 352 g/mol. The quantitative estimate of drug-likeness (QED) is 0.888. The van der Waals surface area contributed by atoms with E-state index in [9.17, 15) is 13.2 Å². The Morgan fingerprint density at radius 2 is 2.15 bits per heavy atom. The molecule has 0 saturated carbocycles. The lowest BCUT2D eigenvalue weighted by Gasteiger charge is -2.37. The first kappa shape index (κ1) is 15.6. The van der Waals surface area contributed by atoms with E-state index >= 15 is 0 Å². The standard InChI is InChI=1S/C13H16BrF3N2O/c1-8(18)12-7-19(4-5-20-12)11-3-2-9(14)6-10(11)13(15,16)17/h2-3,6,8,12H,4-5,7,18H2,1H3. The van der Waals surface area contributed by atoms with Gasteiger partial charge in [0.25, 0.3) is 0 Å². The Hall–Kier alpha value is -0.790. The number of halogens is 4. The lowest BCUT2D eigenvalue weighted by molar-refractivity contribution is -0.137. The maximum atomic E-state index is 13.1. The molecule has 2 unspecified atom stereocenters. The van der Waals surface area contributed by atoms with E-state index in [4.69, 9.17) is 10.5 Å². The lowest BCUT2D eigenvalue weighted by atomic mass is 10.1. The van der Waals surface area contributed by atoms with Crippen LogP contribution in [0.1, 0.15) is 12.5 Å². The summed E-state index contributed by atoms with van der Waals surface area (Å²) in [6.45, 7) is 2.95. The number of nitrogens with two attached hydrogens (primary N) is 1. The smallest absolute Gasteiger partial charge is 0.373 e. The van der Waals surface area contributed by atoms with Crippen molar-refractivity contribution in [3.8, 4) is 0 Å². The highest BCUT2D eigenvalue weighted by Crippen LogP contribution is 2.38. The van der Waals surface area contributed by atoms with Gasteiger partial charge in [0, 0.05) is 29.3 Å². The molecule has 1 fully saturated rings. The average molecular weight is 353 g/mol. The van der Waals surface area contributed by atoms with Crippen LogP contribution in [0.15, 0.2) is 22.7 Å². The van der Waals surface area contributed by atoms with Crippen molar-refractivity contribution in [2.24, 2.45) is 5.73 Å². The number of rotatable bonds is 2. The third kappa shape index (κ3) is 3.45. The predicted octanol–water partition coefficient (Wildman–Crippen LogP) is 3.02. The van der Waals surface area contributed by atoms with Crippen LogP contribution in [0.2, 0.25) is 0 Å². The number of benzene rings is 1. The van der Waals surface area contributed by atoms with Crippen molar-refractivity contribution in [2.75, 3.05) is 24.6 Å². The molecule has 1 aromatic carbocycles. The highest BCUT2D eigenvalue weighted by atomic mass is 79.9. The van der Waals surface area contributed by atoms with Crippen LogP contribution in [-0.4, -0.2) is 31.8 Å². The van der Waals surface area contributed by atoms with E-state index in [0.29, 0.717) is 24.2 Å². The summed E-state index contributed by atoms with van der Waals surface area (Å²) >= 11 is 3.08. The van der Waals surface area contributed by atoms with Gasteiger partial charge >= 0.3 is 6.18 Å². The maximum absolute atomic E-state index is 13.1. The second-order valence-corrected chi connectivity index (χ2v) is 5.79. The SMILES string of the molecule is CC(N)C1CN(c2ccc(Br)cc2C(F)(F)F)CCO1. The van der Waals surface area contributed by atoms with Gasteiger partial charge in [-0.25, -0.2) is 0 Å². The average Bonchev–Trinajstić information content (AvgIpc) is 2.37. The number of morpholine rings is 1. The lowest BCUT2D eigenvalue weighted by Crippen LogP contribution is -2.50. The zero-order valence-corrected chi connectivity index (χ0v) is 12.5. The van der Waals surface area contributed by atoms with Gasteiger partial charge in [0.1, 0.15) is 0 Å². The van der Waals surface area contributed by atoms with Crippen LogP contribution >= 0.6 is 15.9 Å². The summed E-state index contributed by atoms with van der Waals surface area (Å²) in [6.07, 6.45) is -4.64. The molecule has 3 nitrogen and oxygen atoms in total. The number of anilines is 1. The van der Waals surface area contributed by atoms with Crippen molar-refractivity contribution in [3.05, 3.63) is 28.2 Å². The fourth-order valence-corrected chi connectivity index (χ4v) is 2.58. The Balaban J connectivity index is 2.32. The van der Waals surface area contributed by atoms with Gasteiger partial charge in [0.05, 0.1) is 18.3 Å². The number of nitrogens with zero attached hydrogens (tertiary/aromatic N) is 1. The first-order chi connectivity index (χ1) is 9.29. The first-order valence-corrected chi connectivity index (χ1v) is 7.07. The number of hydrogen-bond donors (Lipinski definition) is 1. The van der Waals surface area contributed by atoms with Crippen LogP contribution in [0.5, 0.6) is 0 Å². The molecule has 1 aliphatic rings. The Morgan fingerprint density at radius 1 is 1.45 bits per heavy atom. The molecular formula is C13H16BrF3N2O. The van der Waals surface area contributed by atoms with Gasteiger partial charge in [-0.15, -0.1) is 0 Å². The molecule has 0 radical (unpaired) electrons. The molecule has 112 valence electrons. The molecule has 1 heterocycles. The van der Waals surface area contributed by atoms with Gasteiger partial charge < -0.3 is 15.4 Å². The molecule has 0 spiro atoms. The van der Waals surface area contributed by atoms with Crippen molar-refractivity contribution in [3.63, 3.8) is 0 Å². The number of ether oxygens (including phenoxy) is 1. The van der Waals surface area contributed by atoms with E-state index in [1.807, 2.05) is 0 Å². The third-order valence-electron chi connectivity index (χ3n) is 3.28.